The first kappa shape index (κ1) is 31.0. The quantitative estimate of drug-likeness (QED) is 0.0887. The van der Waals surface area contributed by atoms with Crippen molar-refractivity contribution in [2.45, 2.75) is 25.7 Å². The third-order valence-electron chi connectivity index (χ3n) is 6.11. The number of nitrogens with one attached hydrogen (secondary N) is 3. The number of hydrogen-bond donors (Lipinski definition) is 6. The Morgan fingerprint density at radius 2 is 1.07 bits per heavy atom. The van der Waals surface area contributed by atoms with Crippen molar-refractivity contribution in [1.82, 2.24) is 10.2 Å². The fraction of sp³-hybridized carbons (Fsp3) is 0.323. The van der Waals surface area contributed by atoms with Crippen LogP contribution in [0.1, 0.15) is 25.7 Å². The maximum atomic E-state index is 6.42. The van der Waals surface area contributed by atoms with E-state index in [0.717, 1.165) is 68.9 Å². The molecule has 0 unspecified atom stereocenters. The molecule has 3 rings (SSSR count). The number of aliphatic imine (C=N–C) groups is 3. The van der Waals surface area contributed by atoms with Crippen molar-refractivity contribution in [2.24, 2.45) is 32.2 Å². The number of unbranched alkanes of at least 4 members (excludes halogenated alkanes) is 1. The Bertz CT molecular complexity index is 1200. The second-order valence-corrected chi connectivity index (χ2v) is 9.47. The highest BCUT2D eigenvalue weighted by Crippen LogP contribution is 2.11. The summed E-state index contributed by atoms with van der Waals surface area (Å²) in [6.07, 6.45) is 3.75. The zero-order valence-corrected chi connectivity index (χ0v) is 23.8. The van der Waals surface area contributed by atoms with Crippen LogP contribution < -0.4 is 33.2 Å². The molecule has 0 heterocycles. The molecule has 10 nitrogen and oxygen atoms in total. The summed E-state index contributed by atoms with van der Waals surface area (Å²) >= 11 is 0. The summed E-state index contributed by atoms with van der Waals surface area (Å²) in [5.74, 6) is 1.36. The van der Waals surface area contributed by atoms with Gasteiger partial charge in [-0.25, -0.2) is 4.99 Å². The number of hydrogen-bond acceptors (Lipinski definition) is 4. The van der Waals surface area contributed by atoms with Crippen LogP contribution in [0.15, 0.2) is 106 Å². The molecule has 0 radical (unpaired) electrons. The predicted molar refractivity (Wildman–Crippen MR) is 174 cm³/mol. The molecule has 0 fully saturated rings. The van der Waals surface area contributed by atoms with Crippen LogP contribution in [0.25, 0.3) is 0 Å². The van der Waals surface area contributed by atoms with Gasteiger partial charge in [-0.05, 0) is 75.2 Å². The fourth-order valence-electron chi connectivity index (χ4n) is 4.01. The molecule has 0 aliphatic carbocycles. The second kappa shape index (κ2) is 18.7. The number of nitrogens with two attached hydrogens (primary N) is 3. The standard InChI is InChI=1S/C31H44N10/c32-29(38-26-14-4-1-5-15-26)36-22-12-21-35-20-10-11-24-41(31(34)40-28-18-8-3-9-19-28)25-13-23-37-30(33)39-27-16-6-2-7-17-27/h1-9,14-19,35H,10-13,20-25H2,(H2,34,40)(H3,32,36,38)(H3,33,37,39). The normalized spacial score (nSPS) is 12.2. The molecule has 3 aromatic rings. The highest BCUT2D eigenvalue weighted by molar-refractivity contribution is 5.92. The third kappa shape index (κ3) is 13.4. The van der Waals surface area contributed by atoms with Crippen LogP contribution in [0.3, 0.4) is 0 Å². The number of guanidine groups is 3. The van der Waals surface area contributed by atoms with Crippen LogP contribution in [0.2, 0.25) is 0 Å². The zero-order valence-electron chi connectivity index (χ0n) is 23.8. The lowest BCUT2D eigenvalue weighted by Gasteiger charge is -2.23. The first-order valence-electron chi connectivity index (χ1n) is 14.2. The average molecular weight is 557 g/mol. The van der Waals surface area contributed by atoms with Crippen LogP contribution in [0.4, 0.5) is 17.1 Å². The monoisotopic (exact) mass is 556 g/mol. The first-order valence-corrected chi connectivity index (χ1v) is 14.2. The molecule has 10 heteroatoms. The van der Waals surface area contributed by atoms with Crippen LogP contribution in [-0.4, -0.2) is 62.0 Å². The Kier molecular flexibility index (Phi) is 14.1. The van der Waals surface area contributed by atoms with Gasteiger partial charge in [-0.1, -0.05) is 54.6 Å². The lowest BCUT2D eigenvalue weighted by molar-refractivity contribution is 0.393. The average Bonchev–Trinajstić information content (AvgIpc) is 2.98. The van der Waals surface area contributed by atoms with Gasteiger partial charge in [-0.2, -0.15) is 0 Å². The molecule has 0 saturated carbocycles. The zero-order chi connectivity index (χ0) is 29.0. The minimum atomic E-state index is 0.403. The van der Waals surface area contributed by atoms with Crippen molar-refractivity contribution in [3.05, 3.63) is 91.0 Å². The summed E-state index contributed by atoms with van der Waals surface area (Å²) in [6, 6.07) is 29.4. The minimum absolute atomic E-state index is 0.403. The largest absolute Gasteiger partial charge is 0.370 e. The van der Waals surface area contributed by atoms with E-state index in [4.69, 9.17) is 17.2 Å². The van der Waals surface area contributed by atoms with Gasteiger partial charge in [-0.3, -0.25) is 9.98 Å². The minimum Gasteiger partial charge on any atom is -0.370 e. The van der Waals surface area contributed by atoms with Gasteiger partial charge in [0.05, 0.1) is 5.69 Å². The third-order valence-corrected chi connectivity index (χ3v) is 6.11. The molecule has 0 aromatic heterocycles. The molecule has 0 bridgehead atoms. The molecule has 0 aliphatic rings. The van der Waals surface area contributed by atoms with Crippen molar-refractivity contribution >= 4 is 34.9 Å². The summed E-state index contributed by atoms with van der Waals surface area (Å²) < 4.78 is 0. The van der Waals surface area contributed by atoms with Gasteiger partial charge < -0.3 is 38.1 Å². The van der Waals surface area contributed by atoms with Gasteiger partial charge in [0.1, 0.15) is 0 Å². The number of rotatable bonds is 16. The van der Waals surface area contributed by atoms with Gasteiger partial charge in [0.2, 0.25) is 0 Å². The van der Waals surface area contributed by atoms with Gasteiger partial charge in [0.25, 0.3) is 0 Å². The smallest absolute Gasteiger partial charge is 0.196 e. The molecule has 0 spiro atoms. The topological polar surface area (TPSA) is 154 Å². The van der Waals surface area contributed by atoms with Crippen LogP contribution in [0, 0.1) is 0 Å². The Labute approximate surface area is 243 Å². The fourth-order valence-corrected chi connectivity index (χ4v) is 4.01. The molecular weight excluding hydrogens is 512 g/mol. The van der Waals surface area contributed by atoms with E-state index in [9.17, 15) is 0 Å². The SMILES string of the molecule is NC(=NCCCNCCCCN(CCCN=C(N)Nc1ccccc1)C(N)=Nc1ccccc1)Nc1ccccc1. The van der Waals surface area contributed by atoms with Gasteiger partial charge in [0.15, 0.2) is 17.9 Å². The maximum absolute atomic E-state index is 6.42. The Morgan fingerprint density at radius 1 is 0.585 bits per heavy atom. The number of benzene rings is 3. The van der Waals surface area contributed by atoms with Crippen LogP contribution in [-0.2, 0) is 0 Å². The van der Waals surface area contributed by atoms with Crippen LogP contribution in [0.5, 0.6) is 0 Å². The summed E-state index contributed by atoms with van der Waals surface area (Å²) in [4.78, 5) is 15.6. The van der Waals surface area contributed by atoms with Crippen molar-refractivity contribution in [1.29, 1.82) is 0 Å². The van der Waals surface area contributed by atoms with E-state index in [1.807, 2.05) is 91.0 Å². The summed E-state index contributed by atoms with van der Waals surface area (Å²) in [5.41, 5.74) is 21.1. The Morgan fingerprint density at radius 3 is 1.66 bits per heavy atom. The predicted octanol–water partition coefficient (Wildman–Crippen LogP) is 3.94. The van der Waals surface area contributed by atoms with E-state index in [1.54, 1.807) is 0 Å². The summed E-state index contributed by atoms with van der Waals surface area (Å²) in [7, 11) is 0. The Hall–Kier alpha value is -4.57. The molecule has 41 heavy (non-hydrogen) atoms. The van der Waals surface area contributed by atoms with E-state index in [1.165, 1.54) is 0 Å². The van der Waals surface area contributed by atoms with Gasteiger partial charge in [-0.15, -0.1) is 0 Å². The lowest BCUT2D eigenvalue weighted by Crippen LogP contribution is -2.39. The van der Waals surface area contributed by atoms with E-state index in [-0.39, 0.29) is 0 Å². The number of nitrogens with zero attached hydrogens (tertiary/aromatic N) is 4. The number of anilines is 2. The van der Waals surface area contributed by atoms with Gasteiger partial charge in [0, 0.05) is 37.6 Å². The highest BCUT2D eigenvalue weighted by Gasteiger charge is 2.08. The molecule has 0 saturated heterocycles. The van der Waals surface area contributed by atoms with E-state index in [2.05, 4.69) is 35.8 Å². The van der Waals surface area contributed by atoms with Crippen molar-refractivity contribution in [2.75, 3.05) is 49.9 Å². The van der Waals surface area contributed by atoms with Crippen molar-refractivity contribution in [3.8, 4) is 0 Å². The maximum Gasteiger partial charge on any atom is 0.196 e. The molecule has 9 N–H and O–H groups in total. The van der Waals surface area contributed by atoms with Crippen molar-refractivity contribution in [3.63, 3.8) is 0 Å². The molecule has 0 aliphatic heterocycles. The summed E-state index contributed by atoms with van der Waals surface area (Å²) in [6.45, 7) is 4.64. The van der Waals surface area contributed by atoms with Gasteiger partial charge >= 0.3 is 0 Å². The van der Waals surface area contributed by atoms with Crippen molar-refractivity contribution < 1.29 is 0 Å². The summed E-state index contributed by atoms with van der Waals surface area (Å²) in [5, 5.41) is 9.69. The first-order chi connectivity index (χ1) is 20.1. The Balaban J connectivity index is 1.36. The number of para-hydroxylation sites is 3. The highest BCUT2D eigenvalue weighted by atomic mass is 15.2. The molecule has 218 valence electrons. The molecule has 0 amide bonds. The molecular formula is C31H44N10. The molecule has 0 atom stereocenters. The van der Waals surface area contributed by atoms with Crippen LogP contribution >= 0.6 is 0 Å². The molecule has 3 aromatic carbocycles. The van der Waals surface area contributed by atoms with E-state index >= 15 is 0 Å². The second-order valence-electron chi connectivity index (χ2n) is 9.47. The van der Waals surface area contributed by atoms with E-state index < -0.39 is 0 Å². The lowest BCUT2D eigenvalue weighted by atomic mass is 10.2. The van der Waals surface area contributed by atoms with E-state index in [0.29, 0.717) is 31.0 Å².